The molecular formula is C10H21N3O3S. The van der Waals surface area contributed by atoms with Crippen LogP contribution in [-0.2, 0) is 10.0 Å². The summed E-state index contributed by atoms with van der Waals surface area (Å²) >= 11 is 0. The minimum Gasteiger partial charge on any atom is -0.409 e. The molecule has 0 spiro atoms. The molecule has 0 amide bonds. The number of nitrogens with two attached hydrogens (primary N) is 1. The second kappa shape index (κ2) is 5.68. The van der Waals surface area contributed by atoms with Crippen molar-refractivity contribution < 1.29 is 13.6 Å². The standard InChI is InChI=1S/C10H21N3O3S/c1-2-8-17(15,16)13-10(9(11)12-14)6-4-3-5-7-10/h13-14H,2-8H2,1H3,(H2,11,12). The van der Waals surface area contributed by atoms with Crippen LogP contribution in [0.4, 0.5) is 0 Å². The monoisotopic (exact) mass is 263 g/mol. The van der Waals surface area contributed by atoms with E-state index in [1.165, 1.54) is 0 Å². The molecule has 7 heteroatoms. The van der Waals surface area contributed by atoms with Crippen molar-refractivity contribution in [2.24, 2.45) is 10.9 Å². The molecule has 4 N–H and O–H groups in total. The third-order valence-electron chi connectivity index (χ3n) is 3.13. The number of hydrogen-bond donors (Lipinski definition) is 3. The zero-order chi connectivity index (χ0) is 12.9. The molecule has 0 aliphatic heterocycles. The largest absolute Gasteiger partial charge is 0.409 e. The SMILES string of the molecule is CCCS(=O)(=O)NC1(/C(N)=N/O)CCCCC1. The van der Waals surface area contributed by atoms with E-state index in [2.05, 4.69) is 9.88 Å². The van der Waals surface area contributed by atoms with Crippen LogP contribution in [0.1, 0.15) is 45.4 Å². The highest BCUT2D eigenvalue weighted by Gasteiger charge is 2.39. The molecule has 6 nitrogen and oxygen atoms in total. The Kier molecular flexibility index (Phi) is 4.76. The van der Waals surface area contributed by atoms with Crippen LogP contribution in [0, 0.1) is 0 Å². The first-order valence-corrected chi connectivity index (χ1v) is 7.60. The highest BCUT2D eigenvalue weighted by molar-refractivity contribution is 7.89. The van der Waals surface area contributed by atoms with E-state index in [1.807, 2.05) is 0 Å². The van der Waals surface area contributed by atoms with Crippen LogP contribution in [0.25, 0.3) is 0 Å². The maximum absolute atomic E-state index is 11.8. The minimum atomic E-state index is -3.37. The molecule has 0 aromatic carbocycles. The van der Waals surface area contributed by atoms with Gasteiger partial charge < -0.3 is 10.9 Å². The molecule has 1 aliphatic carbocycles. The molecule has 1 saturated carbocycles. The van der Waals surface area contributed by atoms with Crippen molar-refractivity contribution in [2.45, 2.75) is 51.0 Å². The molecule has 0 unspecified atom stereocenters. The lowest BCUT2D eigenvalue weighted by molar-refractivity contribution is 0.294. The first-order valence-electron chi connectivity index (χ1n) is 5.95. The Balaban J connectivity index is 2.92. The van der Waals surface area contributed by atoms with Crippen molar-refractivity contribution in [2.75, 3.05) is 5.75 Å². The van der Waals surface area contributed by atoms with Gasteiger partial charge >= 0.3 is 0 Å². The van der Waals surface area contributed by atoms with Crippen LogP contribution >= 0.6 is 0 Å². The molecule has 0 saturated heterocycles. The first-order chi connectivity index (χ1) is 7.96. The summed E-state index contributed by atoms with van der Waals surface area (Å²) in [6, 6.07) is 0. The summed E-state index contributed by atoms with van der Waals surface area (Å²) in [5.74, 6) is 0.0323. The van der Waals surface area contributed by atoms with Gasteiger partial charge in [-0.1, -0.05) is 31.3 Å². The molecule has 0 heterocycles. The highest BCUT2D eigenvalue weighted by atomic mass is 32.2. The Morgan fingerprint density at radius 2 is 2.00 bits per heavy atom. The van der Waals surface area contributed by atoms with Gasteiger partial charge in [0.25, 0.3) is 0 Å². The highest BCUT2D eigenvalue weighted by Crippen LogP contribution is 2.29. The van der Waals surface area contributed by atoms with Gasteiger partial charge in [0.1, 0.15) is 0 Å². The van der Waals surface area contributed by atoms with Crippen LogP contribution in [0.2, 0.25) is 0 Å². The third kappa shape index (κ3) is 3.57. The molecule has 17 heavy (non-hydrogen) atoms. The summed E-state index contributed by atoms with van der Waals surface area (Å²) in [5, 5.41) is 11.8. The molecule has 1 rings (SSSR count). The maximum atomic E-state index is 11.8. The summed E-state index contributed by atoms with van der Waals surface area (Å²) in [7, 11) is -3.37. The zero-order valence-electron chi connectivity index (χ0n) is 10.1. The molecule has 0 radical (unpaired) electrons. The normalized spacial score (nSPS) is 21.4. The van der Waals surface area contributed by atoms with Crippen molar-refractivity contribution in [3.8, 4) is 0 Å². The van der Waals surface area contributed by atoms with Gasteiger partial charge in [0.2, 0.25) is 10.0 Å². The minimum absolute atomic E-state index is 0.0307. The topological polar surface area (TPSA) is 105 Å². The number of sulfonamides is 1. The number of oxime groups is 1. The fourth-order valence-corrected chi connectivity index (χ4v) is 3.82. The van der Waals surface area contributed by atoms with E-state index in [4.69, 9.17) is 10.9 Å². The summed E-state index contributed by atoms with van der Waals surface area (Å²) < 4.78 is 26.3. The molecular weight excluding hydrogens is 242 g/mol. The van der Waals surface area contributed by atoms with Crippen LogP contribution in [0.15, 0.2) is 5.16 Å². The lowest BCUT2D eigenvalue weighted by Crippen LogP contribution is -2.58. The lowest BCUT2D eigenvalue weighted by Gasteiger charge is -2.36. The van der Waals surface area contributed by atoms with Crippen molar-refractivity contribution in [1.29, 1.82) is 0 Å². The van der Waals surface area contributed by atoms with Gasteiger partial charge in [-0.25, -0.2) is 13.1 Å². The predicted molar refractivity (Wildman–Crippen MR) is 66.4 cm³/mol. The second-order valence-electron chi connectivity index (χ2n) is 4.55. The second-order valence-corrected chi connectivity index (χ2v) is 6.39. The van der Waals surface area contributed by atoms with E-state index in [0.29, 0.717) is 19.3 Å². The fraction of sp³-hybridized carbons (Fsp3) is 0.900. The van der Waals surface area contributed by atoms with E-state index >= 15 is 0 Å². The van der Waals surface area contributed by atoms with Gasteiger partial charge in [0.05, 0.1) is 11.3 Å². The van der Waals surface area contributed by atoms with E-state index in [0.717, 1.165) is 19.3 Å². The third-order valence-corrected chi connectivity index (χ3v) is 4.78. The summed E-state index contributed by atoms with van der Waals surface area (Å²) in [6.07, 6.45) is 4.53. The average molecular weight is 263 g/mol. The van der Waals surface area contributed by atoms with E-state index in [-0.39, 0.29) is 11.6 Å². The van der Waals surface area contributed by atoms with Gasteiger partial charge in [0, 0.05) is 0 Å². The molecule has 1 fully saturated rings. The molecule has 0 aromatic heterocycles. The van der Waals surface area contributed by atoms with Crippen LogP contribution in [-0.4, -0.2) is 30.8 Å². The van der Waals surface area contributed by atoms with Crippen molar-refractivity contribution in [3.05, 3.63) is 0 Å². The Hall–Kier alpha value is -0.820. The smallest absolute Gasteiger partial charge is 0.212 e. The number of nitrogens with one attached hydrogen (secondary N) is 1. The van der Waals surface area contributed by atoms with Gasteiger partial charge in [-0.2, -0.15) is 0 Å². The Morgan fingerprint density at radius 1 is 1.41 bits per heavy atom. The Morgan fingerprint density at radius 3 is 2.47 bits per heavy atom. The van der Waals surface area contributed by atoms with Gasteiger partial charge in [-0.3, -0.25) is 0 Å². The predicted octanol–water partition coefficient (Wildman–Crippen LogP) is 0.765. The molecule has 0 aromatic rings. The van der Waals surface area contributed by atoms with Crippen LogP contribution < -0.4 is 10.5 Å². The molecule has 0 atom stereocenters. The van der Waals surface area contributed by atoms with Gasteiger partial charge in [-0.05, 0) is 19.3 Å². The number of nitrogens with zero attached hydrogens (tertiary/aromatic N) is 1. The maximum Gasteiger partial charge on any atom is 0.212 e. The quantitative estimate of drug-likeness (QED) is 0.295. The van der Waals surface area contributed by atoms with Crippen molar-refractivity contribution in [3.63, 3.8) is 0 Å². The Bertz CT molecular complexity index is 372. The average Bonchev–Trinajstić information content (AvgIpc) is 2.28. The molecule has 1 aliphatic rings. The van der Waals surface area contributed by atoms with Gasteiger partial charge in [0.15, 0.2) is 5.84 Å². The summed E-state index contributed by atoms with van der Waals surface area (Å²) in [6.45, 7) is 1.80. The first kappa shape index (κ1) is 14.2. The Labute approximate surface area is 102 Å². The number of hydrogen-bond acceptors (Lipinski definition) is 4. The van der Waals surface area contributed by atoms with E-state index < -0.39 is 15.6 Å². The fourth-order valence-electron chi connectivity index (χ4n) is 2.28. The van der Waals surface area contributed by atoms with Gasteiger partial charge in [-0.15, -0.1) is 0 Å². The molecule has 100 valence electrons. The zero-order valence-corrected chi connectivity index (χ0v) is 11.0. The summed E-state index contributed by atoms with van der Waals surface area (Å²) in [4.78, 5) is 0. The van der Waals surface area contributed by atoms with Crippen LogP contribution in [0.5, 0.6) is 0 Å². The number of amidine groups is 1. The van der Waals surface area contributed by atoms with Crippen LogP contribution in [0.3, 0.4) is 0 Å². The van der Waals surface area contributed by atoms with E-state index in [1.54, 1.807) is 6.92 Å². The molecule has 0 bridgehead atoms. The lowest BCUT2D eigenvalue weighted by atomic mass is 9.82. The van der Waals surface area contributed by atoms with Crippen molar-refractivity contribution >= 4 is 15.9 Å². The number of rotatable bonds is 5. The van der Waals surface area contributed by atoms with Crippen molar-refractivity contribution in [1.82, 2.24) is 4.72 Å². The van der Waals surface area contributed by atoms with E-state index in [9.17, 15) is 8.42 Å². The summed E-state index contributed by atoms with van der Waals surface area (Å²) in [5.41, 5.74) is 4.77.